The van der Waals surface area contributed by atoms with Gasteiger partial charge in [0.2, 0.25) is 0 Å². The fourth-order valence-corrected chi connectivity index (χ4v) is 1.64. The van der Waals surface area contributed by atoms with Gasteiger partial charge in [-0.3, -0.25) is 4.68 Å². The molecule has 2 nitrogen and oxygen atoms in total. The van der Waals surface area contributed by atoms with E-state index in [4.69, 9.17) is 0 Å². The summed E-state index contributed by atoms with van der Waals surface area (Å²) in [7, 11) is 1.95. The highest BCUT2D eigenvalue weighted by molar-refractivity contribution is 9.10. The average Bonchev–Trinajstić information content (AvgIpc) is 2.35. The van der Waals surface area contributed by atoms with E-state index in [-0.39, 0.29) is 0 Å². The van der Waals surface area contributed by atoms with Gasteiger partial charge in [-0.05, 0) is 24.6 Å². The quantitative estimate of drug-likeness (QED) is 0.673. The van der Waals surface area contributed by atoms with Crippen molar-refractivity contribution in [1.29, 1.82) is 0 Å². The summed E-state index contributed by atoms with van der Waals surface area (Å²) in [5, 5.41) is 5.35. The van der Waals surface area contributed by atoms with Crippen LogP contribution in [-0.4, -0.2) is 9.78 Å². The minimum absolute atomic E-state index is 1.14. The molecule has 0 fully saturated rings. The van der Waals surface area contributed by atoms with Crippen molar-refractivity contribution < 1.29 is 0 Å². The van der Waals surface area contributed by atoms with E-state index >= 15 is 0 Å². The smallest absolute Gasteiger partial charge is 0.0682 e. The zero-order valence-corrected chi connectivity index (χ0v) is 8.59. The molecule has 2 aromatic rings. The molecule has 0 atom stereocenters. The Kier molecular flexibility index (Phi) is 1.68. The first-order chi connectivity index (χ1) is 5.68. The Bertz CT molecular complexity index is 431. The second kappa shape index (κ2) is 2.59. The van der Waals surface area contributed by atoms with Crippen LogP contribution in [0.15, 0.2) is 22.8 Å². The highest BCUT2D eigenvalue weighted by Crippen LogP contribution is 2.22. The lowest BCUT2D eigenvalue weighted by Crippen LogP contribution is -1.88. The molecule has 0 aliphatic rings. The summed E-state index contributed by atoms with van der Waals surface area (Å²) in [6.45, 7) is 2.08. The standard InChI is InChI=1S/C9H9BrN2/c1-6-3-9-7(4-8(6)10)5-11-12(9)2/h3-5H,1-2H3. The number of aryl methyl sites for hydroxylation is 2. The molecule has 62 valence electrons. The summed E-state index contributed by atoms with van der Waals surface area (Å²) in [4.78, 5) is 0. The topological polar surface area (TPSA) is 17.8 Å². The van der Waals surface area contributed by atoms with Crippen LogP contribution in [0.2, 0.25) is 0 Å². The molecular weight excluding hydrogens is 216 g/mol. The van der Waals surface area contributed by atoms with E-state index in [2.05, 4.69) is 40.1 Å². The van der Waals surface area contributed by atoms with Crippen LogP contribution in [0.4, 0.5) is 0 Å². The normalized spacial score (nSPS) is 10.9. The van der Waals surface area contributed by atoms with Crippen molar-refractivity contribution >= 4 is 26.8 Å². The van der Waals surface area contributed by atoms with Crippen molar-refractivity contribution in [3.05, 3.63) is 28.4 Å². The summed E-state index contributed by atoms with van der Waals surface area (Å²) in [6.07, 6.45) is 1.87. The van der Waals surface area contributed by atoms with Crippen molar-refractivity contribution in [2.75, 3.05) is 0 Å². The molecule has 12 heavy (non-hydrogen) atoms. The number of nitrogens with zero attached hydrogens (tertiary/aromatic N) is 2. The van der Waals surface area contributed by atoms with E-state index in [1.807, 2.05) is 17.9 Å². The van der Waals surface area contributed by atoms with E-state index in [0.717, 1.165) is 4.47 Å². The fraction of sp³-hybridized carbons (Fsp3) is 0.222. The molecule has 0 bridgehead atoms. The lowest BCUT2D eigenvalue weighted by atomic mass is 10.2. The maximum Gasteiger partial charge on any atom is 0.0682 e. The summed E-state index contributed by atoms with van der Waals surface area (Å²) in [6, 6.07) is 4.23. The summed E-state index contributed by atoms with van der Waals surface area (Å²) >= 11 is 3.49. The molecule has 0 amide bonds. The van der Waals surface area contributed by atoms with Gasteiger partial charge in [0.05, 0.1) is 11.7 Å². The van der Waals surface area contributed by atoms with Crippen molar-refractivity contribution in [3.63, 3.8) is 0 Å². The molecule has 0 saturated carbocycles. The van der Waals surface area contributed by atoms with Gasteiger partial charge < -0.3 is 0 Å². The maximum absolute atomic E-state index is 4.17. The van der Waals surface area contributed by atoms with Crippen molar-refractivity contribution in [3.8, 4) is 0 Å². The maximum atomic E-state index is 4.17. The second-order valence-corrected chi connectivity index (χ2v) is 3.78. The number of halogens is 1. The van der Waals surface area contributed by atoms with Gasteiger partial charge in [0, 0.05) is 16.9 Å². The van der Waals surface area contributed by atoms with Gasteiger partial charge in [-0.1, -0.05) is 15.9 Å². The van der Waals surface area contributed by atoms with Crippen molar-refractivity contribution in [1.82, 2.24) is 9.78 Å². The molecule has 0 N–H and O–H groups in total. The monoisotopic (exact) mass is 224 g/mol. The lowest BCUT2D eigenvalue weighted by molar-refractivity contribution is 0.796. The minimum Gasteiger partial charge on any atom is -0.268 e. The highest BCUT2D eigenvalue weighted by atomic mass is 79.9. The SMILES string of the molecule is Cc1cc2c(cnn2C)cc1Br. The summed E-state index contributed by atoms with van der Waals surface area (Å²) < 4.78 is 3.03. The first-order valence-electron chi connectivity index (χ1n) is 3.76. The number of hydrogen-bond donors (Lipinski definition) is 0. The average molecular weight is 225 g/mol. The Balaban J connectivity index is 2.87. The van der Waals surface area contributed by atoms with Gasteiger partial charge in [0.15, 0.2) is 0 Å². The first-order valence-corrected chi connectivity index (χ1v) is 4.55. The summed E-state index contributed by atoms with van der Waals surface area (Å²) in [5.41, 5.74) is 2.42. The lowest BCUT2D eigenvalue weighted by Gasteiger charge is -1.98. The molecule has 1 aromatic heterocycles. The Morgan fingerprint density at radius 3 is 2.92 bits per heavy atom. The van der Waals surface area contributed by atoms with Crippen LogP contribution >= 0.6 is 15.9 Å². The summed E-state index contributed by atoms with van der Waals surface area (Å²) in [5.74, 6) is 0. The molecule has 0 spiro atoms. The number of fused-ring (bicyclic) bond motifs is 1. The predicted molar refractivity (Wildman–Crippen MR) is 53.2 cm³/mol. The Morgan fingerprint density at radius 2 is 2.17 bits per heavy atom. The van der Waals surface area contributed by atoms with Gasteiger partial charge in [0.1, 0.15) is 0 Å². The van der Waals surface area contributed by atoms with Crippen LogP contribution in [0.5, 0.6) is 0 Å². The zero-order chi connectivity index (χ0) is 8.72. The molecule has 0 aliphatic heterocycles. The third-order valence-electron chi connectivity index (χ3n) is 2.03. The zero-order valence-electron chi connectivity index (χ0n) is 7.00. The molecule has 0 saturated heterocycles. The van der Waals surface area contributed by atoms with Gasteiger partial charge in [0.25, 0.3) is 0 Å². The van der Waals surface area contributed by atoms with E-state index in [1.165, 1.54) is 16.5 Å². The number of hydrogen-bond acceptors (Lipinski definition) is 1. The van der Waals surface area contributed by atoms with E-state index in [9.17, 15) is 0 Å². The van der Waals surface area contributed by atoms with Crippen LogP contribution < -0.4 is 0 Å². The third-order valence-corrected chi connectivity index (χ3v) is 2.88. The molecule has 0 radical (unpaired) electrons. The fourth-order valence-electron chi connectivity index (χ4n) is 1.28. The molecular formula is C9H9BrN2. The Labute approximate surface area is 79.3 Å². The molecule has 0 aliphatic carbocycles. The van der Waals surface area contributed by atoms with Crippen LogP contribution in [-0.2, 0) is 7.05 Å². The van der Waals surface area contributed by atoms with E-state index in [1.54, 1.807) is 0 Å². The van der Waals surface area contributed by atoms with Crippen molar-refractivity contribution in [2.45, 2.75) is 6.92 Å². The molecule has 0 unspecified atom stereocenters. The van der Waals surface area contributed by atoms with Gasteiger partial charge >= 0.3 is 0 Å². The number of rotatable bonds is 0. The van der Waals surface area contributed by atoms with Crippen LogP contribution in [0.25, 0.3) is 10.9 Å². The number of benzene rings is 1. The third kappa shape index (κ3) is 1.05. The van der Waals surface area contributed by atoms with Crippen LogP contribution in [0, 0.1) is 6.92 Å². The number of aromatic nitrogens is 2. The Morgan fingerprint density at radius 1 is 1.42 bits per heavy atom. The molecule has 3 heteroatoms. The second-order valence-electron chi connectivity index (χ2n) is 2.93. The molecule has 1 heterocycles. The minimum atomic E-state index is 1.14. The van der Waals surface area contributed by atoms with Gasteiger partial charge in [-0.2, -0.15) is 5.10 Å². The highest BCUT2D eigenvalue weighted by Gasteiger charge is 2.01. The molecule has 1 aromatic carbocycles. The van der Waals surface area contributed by atoms with Crippen LogP contribution in [0.1, 0.15) is 5.56 Å². The van der Waals surface area contributed by atoms with Gasteiger partial charge in [-0.15, -0.1) is 0 Å². The first kappa shape index (κ1) is 7.80. The van der Waals surface area contributed by atoms with E-state index < -0.39 is 0 Å². The largest absolute Gasteiger partial charge is 0.268 e. The van der Waals surface area contributed by atoms with E-state index in [0.29, 0.717) is 0 Å². The molecule has 2 rings (SSSR count). The van der Waals surface area contributed by atoms with Crippen molar-refractivity contribution in [2.24, 2.45) is 7.05 Å². The Hall–Kier alpha value is -0.830. The van der Waals surface area contributed by atoms with Gasteiger partial charge in [-0.25, -0.2) is 0 Å². The predicted octanol–water partition coefficient (Wildman–Crippen LogP) is 2.64. The van der Waals surface area contributed by atoms with Crippen LogP contribution in [0.3, 0.4) is 0 Å².